The van der Waals surface area contributed by atoms with Crippen LogP contribution in [0.3, 0.4) is 0 Å². The lowest BCUT2D eigenvalue weighted by atomic mass is 10.1. The summed E-state index contributed by atoms with van der Waals surface area (Å²) >= 11 is 0. The minimum absolute atomic E-state index is 0.0661. The van der Waals surface area contributed by atoms with Crippen molar-refractivity contribution in [3.8, 4) is 0 Å². The molecule has 1 N–H and O–H groups in total. The van der Waals surface area contributed by atoms with E-state index < -0.39 is 11.9 Å². The van der Waals surface area contributed by atoms with E-state index in [0.29, 0.717) is 6.61 Å². The van der Waals surface area contributed by atoms with Gasteiger partial charge in [0.05, 0.1) is 5.92 Å². The van der Waals surface area contributed by atoms with Gasteiger partial charge in [-0.15, -0.1) is 0 Å². The van der Waals surface area contributed by atoms with Crippen LogP contribution >= 0.6 is 0 Å². The van der Waals surface area contributed by atoms with Crippen LogP contribution in [0.1, 0.15) is 33.1 Å². The zero-order chi connectivity index (χ0) is 12.8. The van der Waals surface area contributed by atoms with Crippen molar-refractivity contribution in [2.24, 2.45) is 5.92 Å². The van der Waals surface area contributed by atoms with E-state index in [9.17, 15) is 9.59 Å². The number of hydrogen-bond acceptors (Lipinski definition) is 3. The first kappa shape index (κ1) is 14.0. The standard InChI is InChI=1S/C12H21NO4/c1-3-6-17-8-11(14)13(10-4-5-10)7-9(2)12(15)16/h9-10H,3-8H2,1-2H3,(H,15,16). The maximum Gasteiger partial charge on any atom is 0.308 e. The summed E-state index contributed by atoms with van der Waals surface area (Å²) in [4.78, 5) is 24.3. The summed E-state index contributed by atoms with van der Waals surface area (Å²) in [6.45, 7) is 4.53. The zero-order valence-corrected chi connectivity index (χ0v) is 10.5. The van der Waals surface area contributed by atoms with Gasteiger partial charge in [0.25, 0.3) is 0 Å². The number of carboxylic acids is 1. The third kappa shape index (κ3) is 4.73. The molecular formula is C12H21NO4. The molecule has 0 heterocycles. The zero-order valence-electron chi connectivity index (χ0n) is 10.5. The van der Waals surface area contributed by atoms with Gasteiger partial charge in [0.2, 0.25) is 5.91 Å². The first-order valence-electron chi connectivity index (χ1n) is 6.16. The SMILES string of the molecule is CCCOCC(=O)N(CC(C)C(=O)O)C1CC1. The van der Waals surface area contributed by atoms with Gasteiger partial charge in [-0.1, -0.05) is 13.8 Å². The summed E-state index contributed by atoms with van der Waals surface area (Å²) < 4.78 is 5.21. The van der Waals surface area contributed by atoms with Gasteiger partial charge in [0.15, 0.2) is 0 Å². The van der Waals surface area contributed by atoms with E-state index in [4.69, 9.17) is 9.84 Å². The molecule has 5 nitrogen and oxygen atoms in total. The number of carbonyl (C=O) groups is 2. The minimum atomic E-state index is -0.863. The third-order valence-corrected chi connectivity index (χ3v) is 2.77. The van der Waals surface area contributed by atoms with Gasteiger partial charge < -0.3 is 14.7 Å². The molecule has 0 saturated heterocycles. The molecule has 1 saturated carbocycles. The summed E-state index contributed by atoms with van der Waals surface area (Å²) in [5.41, 5.74) is 0. The summed E-state index contributed by atoms with van der Waals surface area (Å²) in [7, 11) is 0. The number of ether oxygens (including phenoxy) is 1. The van der Waals surface area contributed by atoms with Crippen molar-refractivity contribution < 1.29 is 19.4 Å². The van der Waals surface area contributed by atoms with Crippen molar-refractivity contribution in [3.63, 3.8) is 0 Å². The molecular weight excluding hydrogens is 222 g/mol. The number of carbonyl (C=O) groups excluding carboxylic acids is 1. The fourth-order valence-corrected chi connectivity index (χ4v) is 1.60. The molecule has 0 aromatic rings. The maximum atomic E-state index is 11.9. The van der Waals surface area contributed by atoms with E-state index in [0.717, 1.165) is 19.3 Å². The highest BCUT2D eigenvalue weighted by Gasteiger charge is 2.34. The summed E-state index contributed by atoms with van der Waals surface area (Å²) in [6, 6.07) is 0.231. The molecule has 1 fully saturated rings. The molecule has 1 aliphatic rings. The Morgan fingerprint density at radius 3 is 2.59 bits per heavy atom. The Morgan fingerprint density at radius 2 is 2.12 bits per heavy atom. The van der Waals surface area contributed by atoms with Crippen molar-refractivity contribution in [3.05, 3.63) is 0 Å². The number of nitrogens with zero attached hydrogens (tertiary/aromatic N) is 1. The Labute approximate surface area is 102 Å². The Balaban J connectivity index is 2.42. The van der Waals surface area contributed by atoms with Crippen LogP contribution in [0.25, 0.3) is 0 Å². The van der Waals surface area contributed by atoms with Gasteiger partial charge in [-0.2, -0.15) is 0 Å². The predicted octanol–water partition coefficient (Wildman–Crippen LogP) is 1.12. The second-order valence-electron chi connectivity index (χ2n) is 4.57. The van der Waals surface area contributed by atoms with E-state index in [-0.39, 0.29) is 25.1 Å². The molecule has 1 rings (SSSR count). The number of carboxylic acid groups (broad SMARTS) is 1. The maximum absolute atomic E-state index is 11.9. The van der Waals surface area contributed by atoms with Gasteiger partial charge in [-0.25, -0.2) is 0 Å². The molecule has 1 atom stereocenters. The molecule has 1 amide bonds. The van der Waals surface area contributed by atoms with Crippen molar-refractivity contribution in [1.29, 1.82) is 0 Å². The highest BCUT2D eigenvalue weighted by atomic mass is 16.5. The summed E-state index contributed by atoms with van der Waals surface area (Å²) in [6.07, 6.45) is 2.83. The fourth-order valence-electron chi connectivity index (χ4n) is 1.60. The van der Waals surface area contributed by atoms with Gasteiger partial charge in [-0.3, -0.25) is 9.59 Å². The second kappa shape index (κ2) is 6.59. The van der Waals surface area contributed by atoms with Gasteiger partial charge >= 0.3 is 5.97 Å². The van der Waals surface area contributed by atoms with Crippen LogP contribution < -0.4 is 0 Å². The first-order valence-corrected chi connectivity index (χ1v) is 6.16. The monoisotopic (exact) mass is 243 g/mol. The van der Waals surface area contributed by atoms with Gasteiger partial charge in [0, 0.05) is 19.2 Å². The molecule has 1 unspecified atom stereocenters. The van der Waals surface area contributed by atoms with Crippen LogP contribution in [-0.2, 0) is 14.3 Å². The molecule has 0 spiro atoms. The van der Waals surface area contributed by atoms with Crippen molar-refractivity contribution in [2.45, 2.75) is 39.2 Å². The molecule has 5 heteroatoms. The van der Waals surface area contributed by atoms with Crippen LogP contribution in [0.4, 0.5) is 0 Å². The lowest BCUT2D eigenvalue weighted by Gasteiger charge is -2.24. The predicted molar refractivity (Wildman–Crippen MR) is 62.6 cm³/mol. The van der Waals surface area contributed by atoms with Crippen LogP contribution in [0.5, 0.6) is 0 Å². The number of hydrogen-bond donors (Lipinski definition) is 1. The quantitative estimate of drug-likeness (QED) is 0.649. The molecule has 0 aliphatic heterocycles. The Kier molecular flexibility index (Phi) is 5.41. The molecule has 17 heavy (non-hydrogen) atoms. The largest absolute Gasteiger partial charge is 0.481 e. The fraction of sp³-hybridized carbons (Fsp3) is 0.833. The molecule has 0 radical (unpaired) electrons. The molecule has 0 aromatic heterocycles. The van der Waals surface area contributed by atoms with Crippen molar-refractivity contribution in [2.75, 3.05) is 19.8 Å². The Bertz CT molecular complexity index is 276. The number of amides is 1. The second-order valence-corrected chi connectivity index (χ2v) is 4.57. The minimum Gasteiger partial charge on any atom is -0.481 e. The van der Waals surface area contributed by atoms with E-state index >= 15 is 0 Å². The molecule has 0 bridgehead atoms. The number of aliphatic carboxylic acids is 1. The van der Waals surface area contributed by atoms with E-state index in [1.54, 1.807) is 11.8 Å². The van der Waals surface area contributed by atoms with Crippen LogP contribution in [0.15, 0.2) is 0 Å². The average Bonchev–Trinajstić information content (AvgIpc) is 3.09. The van der Waals surface area contributed by atoms with Crippen LogP contribution in [0.2, 0.25) is 0 Å². The van der Waals surface area contributed by atoms with Crippen LogP contribution in [0, 0.1) is 5.92 Å². The first-order chi connectivity index (χ1) is 8.06. The Morgan fingerprint density at radius 1 is 1.47 bits per heavy atom. The smallest absolute Gasteiger partial charge is 0.308 e. The molecule has 98 valence electrons. The van der Waals surface area contributed by atoms with Crippen LogP contribution in [-0.4, -0.2) is 47.7 Å². The normalized spacial score (nSPS) is 16.6. The lowest BCUT2D eigenvalue weighted by molar-refractivity contribution is -0.144. The number of rotatable bonds is 8. The summed E-state index contributed by atoms with van der Waals surface area (Å²) in [5.74, 6) is -1.47. The Hall–Kier alpha value is -1.10. The topological polar surface area (TPSA) is 66.8 Å². The van der Waals surface area contributed by atoms with Crippen molar-refractivity contribution in [1.82, 2.24) is 4.90 Å². The summed E-state index contributed by atoms with van der Waals surface area (Å²) in [5, 5.41) is 8.86. The van der Waals surface area contributed by atoms with Gasteiger partial charge in [-0.05, 0) is 19.3 Å². The van der Waals surface area contributed by atoms with E-state index in [1.807, 2.05) is 6.92 Å². The van der Waals surface area contributed by atoms with Gasteiger partial charge in [0.1, 0.15) is 6.61 Å². The average molecular weight is 243 g/mol. The van der Waals surface area contributed by atoms with E-state index in [1.165, 1.54) is 0 Å². The van der Waals surface area contributed by atoms with E-state index in [2.05, 4.69) is 0 Å². The highest BCUT2D eigenvalue weighted by molar-refractivity contribution is 5.79. The highest BCUT2D eigenvalue weighted by Crippen LogP contribution is 2.27. The lowest BCUT2D eigenvalue weighted by Crippen LogP contribution is -2.40. The third-order valence-electron chi connectivity index (χ3n) is 2.77. The van der Waals surface area contributed by atoms with Crippen molar-refractivity contribution >= 4 is 11.9 Å². The molecule has 1 aliphatic carbocycles. The molecule has 0 aromatic carbocycles.